The monoisotopic (exact) mass is 355 g/mol. The summed E-state index contributed by atoms with van der Waals surface area (Å²) in [6.07, 6.45) is 5.73. The van der Waals surface area contributed by atoms with E-state index in [4.69, 9.17) is 11.6 Å². The van der Waals surface area contributed by atoms with Crippen molar-refractivity contribution in [1.29, 1.82) is 0 Å². The summed E-state index contributed by atoms with van der Waals surface area (Å²) in [6.45, 7) is 4.18. The van der Waals surface area contributed by atoms with Crippen LogP contribution in [0.4, 0.5) is 0 Å². The molecule has 1 aromatic carbocycles. The van der Waals surface area contributed by atoms with Gasteiger partial charge in [0.05, 0.1) is 5.03 Å². The third-order valence-electron chi connectivity index (χ3n) is 3.81. The average molecular weight is 357 g/mol. The molecule has 0 unspecified atom stereocenters. The second-order valence-electron chi connectivity index (χ2n) is 5.22. The van der Waals surface area contributed by atoms with E-state index in [-0.39, 0.29) is 17.0 Å². The van der Waals surface area contributed by atoms with Gasteiger partial charge in [0.1, 0.15) is 0 Å². The van der Waals surface area contributed by atoms with Gasteiger partial charge in [0, 0.05) is 17.1 Å². The van der Waals surface area contributed by atoms with Crippen LogP contribution >= 0.6 is 27.5 Å². The Bertz CT molecular complexity index is 497. The van der Waals surface area contributed by atoms with E-state index in [0.29, 0.717) is 6.54 Å². The fraction of sp³-hybridized carbons (Fsp3) is 0.438. The highest BCUT2D eigenvalue weighted by Crippen LogP contribution is 2.27. The zero-order chi connectivity index (χ0) is 14.5. The maximum atomic E-state index is 12.3. The zero-order valence-electron chi connectivity index (χ0n) is 11.4. The molecule has 1 fully saturated rings. The van der Waals surface area contributed by atoms with E-state index < -0.39 is 0 Å². The van der Waals surface area contributed by atoms with Crippen LogP contribution < -0.4 is 0 Å². The maximum absolute atomic E-state index is 12.3. The van der Waals surface area contributed by atoms with Crippen LogP contribution in [0.3, 0.4) is 0 Å². The molecule has 0 N–H and O–H groups in total. The van der Waals surface area contributed by atoms with Gasteiger partial charge in [-0.3, -0.25) is 4.79 Å². The maximum Gasteiger partial charge on any atom is 0.265 e. The molecule has 0 bridgehead atoms. The molecule has 20 heavy (non-hydrogen) atoms. The minimum Gasteiger partial charge on any atom is -0.331 e. The van der Waals surface area contributed by atoms with Gasteiger partial charge in [-0.2, -0.15) is 0 Å². The highest BCUT2D eigenvalue weighted by molar-refractivity contribution is 9.10. The minimum atomic E-state index is -0.144. The first-order valence-corrected chi connectivity index (χ1v) is 8.15. The summed E-state index contributed by atoms with van der Waals surface area (Å²) in [6, 6.07) is 8.26. The van der Waals surface area contributed by atoms with Gasteiger partial charge in [-0.15, -0.1) is 0 Å². The van der Waals surface area contributed by atoms with Crippen molar-refractivity contribution < 1.29 is 4.79 Å². The lowest BCUT2D eigenvalue weighted by Gasteiger charge is -2.34. The Hall–Kier alpha value is -0.800. The lowest BCUT2D eigenvalue weighted by atomic mass is 9.93. The topological polar surface area (TPSA) is 20.3 Å². The number of hydrogen-bond donors (Lipinski definition) is 0. The Balaban J connectivity index is 2.20. The number of rotatable bonds is 4. The second-order valence-corrected chi connectivity index (χ2v) is 6.53. The first kappa shape index (κ1) is 15.6. The molecule has 4 heteroatoms. The predicted molar refractivity (Wildman–Crippen MR) is 86.6 cm³/mol. The number of carbonyl (C=O) groups is 1. The molecule has 0 heterocycles. The van der Waals surface area contributed by atoms with E-state index in [0.717, 1.165) is 22.9 Å². The standard InChI is InChI=1S/C16H19BrClNO/c1-12(18)16(20)19(14-8-3-2-4-9-14)11-13-7-5-6-10-15(13)17/h5-7,10,14H,1-4,8-9,11H2. The zero-order valence-corrected chi connectivity index (χ0v) is 13.8. The normalized spacial score (nSPS) is 15.9. The summed E-state index contributed by atoms with van der Waals surface area (Å²) < 4.78 is 1.02. The van der Waals surface area contributed by atoms with Crippen LogP contribution in [-0.4, -0.2) is 16.8 Å². The fourth-order valence-corrected chi connectivity index (χ4v) is 3.24. The molecule has 108 valence electrons. The Labute approximate surface area is 133 Å². The summed E-state index contributed by atoms with van der Waals surface area (Å²) in [5, 5.41) is 0.0997. The number of hydrogen-bond acceptors (Lipinski definition) is 1. The molecule has 0 radical (unpaired) electrons. The largest absolute Gasteiger partial charge is 0.331 e. The van der Waals surface area contributed by atoms with Crippen LogP contribution in [0.25, 0.3) is 0 Å². The van der Waals surface area contributed by atoms with E-state index in [9.17, 15) is 4.79 Å². The Morgan fingerprint density at radius 3 is 2.55 bits per heavy atom. The number of nitrogens with zero attached hydrogens (tertiary/aromatic N) is 1. The molecule has 2 rings (SSSR count). The molecule has 1 aromatic rings. The van der Waals surface area contributed by atoms with Crippen molar-refractivity contribution in [3.63, 3.8) is 0 Å². The third-order valence-corrected chi connectivity index (χ3v) is 4.74. The van der Waals surface area contributed by atoms with E-state index in [1.807, 2.05) is 29.2 Å². The average Bonchev–Trinajstić information content (AvgIpc) is 2.46. The van der Waals surface area contributed by atoms with Crippen LogP contribution in [-0.2, 0) is 11.3 Å². The van der Waals surface area contributed by atoms with Crippen LogP contribution in [0, 0.1) is 0 Å². The van der Waals surface area contributed by atoms with Crippen molar-refractivity contribution in [1.82, 2.24) is 4.90 Å². The van der Waals surface area contributed by atoms with Crippen molar-refractivity contribution in [3.8, 4) is 0 Å². The van der Waals surface area contributed by atoms with Gasteiger partial charge < -0.3 is 4.90 Å². The molecule has 1 saturated carbocycles. The van der Waals surface area contributed by atoms with Crippen LogP contribution in [0.5, 0.6) is 0 Å². The van der Waals surface area contributed by atoms with Gasteiger partial charge in [-0.1, -0.05) is 71.6 Å². The molecular weight excluding hydrogens is 338 g/mol. The van der Waals surface area contributed by atoms with Crippen molar-refractivity contribution >= 4 is 33.4 Å². The molecule has 1 amide bonds. The van der Waals surface area contributed by atoms with E-state index >= 15 is 0 Å². The van der Waals surface area contributed by atoms with Crippen molar-refractivity contribution in [2.75, 3.05) is 0 Å². The van der Waals surface area contributed by atoms with Crippen LogP contribution in [0.2, 0.25) is 0 Å². The highest BCUT2D eigenvalue weighted by atomic mass is 79.9. The molecule has 0 aromatic heterocycles. The molecule has 0 atom stereocenters. The summed E-state index contributed by atoms with van der Waals surface area (Å²) in [5.74, 6) is -0.144. The highest BCUT2D eigenvalue weighted by Gasteiger charge is 2.26. The molecule has 0 spiro atoms. The lowest BCUT2D eigenvalue weighted by molar-refractivity contribution is -0.130. The summed E-state index contributed by atoms with van der Waals surface area (Å²) >= 11 is 9.39. The van der Waals surface area contributed by atoms with Gasteiger partial charge in [0.25, 0.3) is 5.91 Å². The summed E-state index contributed by atoms with van der Waals surface area (Å²) in [4.78, 5) is 14.2. The van der Waals surface area contributed by atoms with Gasteiger partial charge in [0.15, 0.2) is 0 Å². The van der Waals surface area contributed by atoms with Crippen LogP contribution in [0.1, 0.15) is 37.7 Å². The number of benzene rings is 1. The van der Waals surface area contributed by atoms with Gasteiger partial charge in [-0.25, -0.2) is 0 Å². The Morgan fingerprint density at radius 2 is 1.95 bits per heavy atom. The summed E-state index contributed by atoms with van der Waals surface area (Å²) in [5.41, 5.74) is 1.10. The third kappa shape index (κ3) is 3.86. The molecule has 0 aliphatic heterocycles. The molecule has 1 aliphatic rings. The number of carbonyl (C=O) groups excluding carboxylic acids is 1. The van der Waals surface area contributed by atoms with Crippen molar-refractivity contribution in [3.05, 3.63) is 45.9 Å². The smallest absolute Gasteiger partial charge is 0.265 e. The summed E-state index contributed by atoms with van der Waals surface area (Å²) in [7, 11) is 0. The molecule has 1 aliphatic carbocycles. The molecule has 0 saturated heterocycles. The minimum absolute atomic E-state index is 0.0997. The van der Waals surface area contributed by atoms with Gasteiger partial charge in [0.2, 0.25) is 0 Å². The second kappa shape index (κ2) is 7.28. The quantitative estimate of drug-likeness (QED) is 0.705. The Morgan fingerprint density at radius 1 is 1.30 bits per heavy atom. The van der Waals surface area contributed by atoms with Crippen molar-refractivity contribution in [2.45, 2.75) is 44.7 Å². The first-order chi connectivity index (χ1) is 9.59. The first-order valence-electron chi connectivity index (χ1n) is 6.98. The lowest BCUT2D eigenvalue weighted by Crippen LogP contribution is -2.41. The predicted octanol–water partition coefficient (Wildman–Crippen LogP) is 4.86. The molecular formula is C16H19BrClNO. The van der Waals surface area contributed by atoms with Crippen LogP contribution in [0.15, 0.2) is 40.3 Å². The van der Waals surface area contributed by atoms with E-state index in [1.54, 1.807) is 0 Å². The van der Waals surface area contributed by atoms with Gasteiger partial charge in [-0.05, 0) is 24.5 Å². The van der Waals surface area contributed by atoms with E-state index in [1.165, 1.54) is 19.3 Å². The van der Waals surface area contributed by atoms with E-state index in [2.05, 4.69) is 22.5 Å². The number of amides is 1. The van der Waals surface area contributed by atoms with Gasteiger partial charge >= 0.3 is 0 Å². The SMILES string of the molecule is C=C(Cl)C(=O)N(Cc1ccccc1Br)C1CCCCC1. The fourth-order valence-electron chi connectivity index (χ4n) is 2.73. The Kier molecular flexibility index (Phi) is 5.67. The molecule has 2 nitrogen and oxygen atoms in total. The van der Waals surface area contributed by atoms with Crippen molar-refractivity contribution in [2.24, 2.45) is 0 Å². The number of halogens is 2.